The lowest BCUT2D eigenvalue weighted by atomic mass is 10.2. The largest absolute Gasteiger partial charge is 0.350 e. The van der Waals surface area contributed by atoms with Crippen LogP contribution in [-0.2, 0) is 4.79 Å². The number of carbonyl (C=O) groups excluding carboxylic acids is 2. The van der Waals surface area contributed by atoms with Gasteiger partial charge in [0.2, 0.25) is 5.91 Å². The molecule has 0 spiro atoms. The van der Waals surface area contributed by atoms with E-state index in [4.69, 9.17) is 0 Å². The Bertz CT molecular complexity index is 565. The van der Waals surface area contributed by atoms with Crippen molar-refractivity contribution in [3.05, 3.63) is 35.1 Å². The second kappa shape index (κ2) is 9.17. The lowest BCUT2D eigenvalue weighted by Gasteiger charge is -2.21. The first kappa shape index (κ1) is 19.0. The van der Waals surface area contributed by atoms with Gasteiger partial charge in [0, 0.05) is 26.6 Å². The molecule has 128 valence electrons. The van der Waals surface area contributed by atoms with Crippen LogP contribution >= 0.6 is 0 Å². The number of hydrogen-bond acceptors (Lipinski definition) is 2. The van der Waals surface area contributed by atoms with Crippen LogP contribution in [0.3, 0.4) is 0 Å². The van der Waals surface area contributed by atoms with Gasteiger partial charge in [-0.25, -0.2) is 13.2 Å². The molecule has 0 aliphatic carbocycles. The van der Waals surface area contributed by atoms with Gasteiger partial charge in [0.1, 0.15) is 0 Å². The van der Waals surface area contributed by atoms with Crippen LogP contribution in [0, 0.1) is 17.5 Å². The summed E-state index contributed by atoms with van der Waals surface area (Å²) in [6.45, 7) is 4.44. The van der Waals surface area contributed by atoms with Gasteiger partial charge in [0.25, 0.3) is 5.91 Å². The molecule has 1 aromatic carbocycles. The molecule has 0 fully saturated rings. The van der Waals surface area contributed by atoms with Crippen LogP contribution in [0.25, 0.3) is 0 Å². The molecule has 23 heavy (non-hydrogen) atoms. The maximum Gasteiger partial charge on any atom is 0.254 e. The monoisotopic (exact) mass is 330 g/mol. The number of nitrogens with one attached hydrogen (secondary N) is 1. The van der Waals surface area contributed by atoms with E-state index in [-0.39, 0.29) is 19.0 Å². The fraction of sp³-hybridized carbons (Fsp3) is 0.500. The number of benzene rings is 1. The second-order valence-corrected chi connectivity index (χ2v) is 5.19. The van der Waals surface area contributed by atoms with Crippen molar-refractivity contribution >= 4 is 11.8 Å². The van der Waals surface area contributed by atoms with Crippen LogP contribution in [0.15, 0.2) is 12.1 Å². The summed E-state index contributed by atoms with van der Waals surface area (Å²) < 4.78 is 39.4. The molecule has 0 unspecified atom stereocenters. The minimum Gasteiger partial charge on any atom is -0.350 e. The van der Waals surface area contributed by atoms with Gasteiger partial charge < -0.3 is 10.2 Å². The maximum atomic E-state index is 13.5. The highest BCUT2D eigenvalue weighted by Crippen LogP contribution is 2.14. The molecule has 0 heterocycles. The molecule has 2 amide bonds. The molecule has 0 aromatic heterocycles. The van der Waals surface area contributed by atoms with E-state index < -0.39 is 28.9 Å². The van der Waals surface area contributed by atoms with Gasteiger partial charge in [-0.05, 0) is 18.6 Å². The average Bonchev–Trinajstić information content (AvgIpc) is 2.51. The number of rotatable bonds is 8. The summed E-state index contributed by atoms with van der Waals surface area (Å²) in [6.07, 6.45) is 2.88. The van der Waals surface area contributed by atoms with Gasteiger partial charge in [0.15, 0.2) is 17.5 Å². The predicted octanol–water partition coefficient (Wildman–Crippen LogP) is 2.87. The van der Waals surface area contributed by atoms with E-state index in [9.17, 15) is 22.8 Å². The number of carbonyl (C=O) groups is 2. The standard InChI is InChI=1S/C16H21F3N2O2/c1-3-4-5-9-21(11(2)22)10-8-20-16(23)12-6-7-13(17)15(19)14(12)18/h6-7H,3-5,8-10H2,1-2H3,(H,20,23). The zero-order valence-electron chi connectivity index (χ0n) is 13.3. The first-order valence-electron chi connectivity index (χ1n) is 7.55. The third-order valence-electron chi connectivity index (χ3n) is 3.42. The van der Waals surface area contributed by atoms with Crippen molar-refractivity contribution in [3.8, 4) is 0 Å². The van der Waals surface area contributed by atoms with Crippen LogP contribution < -0.4 is 5.32 Å². The molecule has 1 N–H and O–H groups in total. The lowest BCUT2D eigenvalue weighted by molar-refractivity contribution is -0.128. The van der Waals surface area contributed by atoms with E-state index in [1.54, 1.807) is 4.90 Å². The summed E-state index contributed by atoms with van der Waals surface area (Å²) in [4.78, 5) is 24.9. The molecule has 0 atom stereocenters. The van der Waals surface area contributed by atoms with Crippen molar-refractivity contribution in [2.45, 2.75) is 33.1 Å². The molecule has 0 bridgehead atoms. The van der Waals surface area contributed by atoms with Crippen molar-refractivity contribution in [2.24, 2.45) is 0 Å². The third-order valence-corrected chi connectivity index (χ3v) is 3.42. The molecule has 0 aliphatic heterocycles. The highest BCUT2D eigenvalue weighted by molar-refractivity contribution is 5.94. The summed E-state index contributed by atoms with van der Waals surface area (Å²) in [5.41, 5.74) is -0.566. The van der Waals surface area contributed by atoms with Crippen LogP contribution in [-0.4, -0.2) is 36.3 Å². The van der Waals surface area contributed by atoms with Crippen molar-refractivity contribution in [2.75, 3.05) is 19.6 Å². The molecular weight excluding hydrogens is 309 g/mol. The molecule has 0 saturated heterocycles. The number of amides is 2. The topological polar surface area (TPSA) is 49.4 Å². The highest BCUT2D eigenvalue weighted by Gasteiger charge is 2.18. The summed E-state index contributed by atoms with van der Waals surface area (Å²) in [5.74, 6) is -5.51. The SMILES string of the molecule is CCCCCN(CCNC(=O)c1ccc(F)c(F)c1F)C(C)=O. The zero-order chi connectivity index (χ0) is 17.4. The molecule has 1 aromatic rings. The Kier molecular flexibility index (Phi) is 7.57. The molecule has 4 nitrogen and oxygen atoms in total. The quantitative estimate of drug-likeness (QED) is 0.588. The number of halogens is 3. The Morgan fingerprint density at radius 3 is 2.39 bits per heavy atom. The first-order chi connectivity index (χ1) is 10.9. The molecule has 1 rings (SSSR count). The predicted molar refractivity (Wildman–Crippen MR) is 80.4 cm³/mol. The Labute approximate surface area is 133 Å². The Balaban J connectivity index is 2.55. The van der Waals surface area contributed by atoms with Gasteiger partial charge in [-0.2, -0.15) is 0 Å². The molecule has 0 aliphatic rings. The number of unbranched alkanes of at least 4 members (excludes halogenated alkanes) is 2. The van der Waals surface area contributed by atoms with E-state index in [0.29, 0.717) is 12.6 Å². The van der Waals surface area contributed by atoms with Crippen molar-refractivity contribution in [1.29, 1.82) is 0 Å². The van der Waals surface area contributed by atoms with Gasteiger partial charge in [-0.15, -0.1) is 0 Å². The number of nitrogens with zero attached hydrogens (tertiary/aromatic N) is 1. The van der Waals surface area contributed by atoms with E-state index >= 15 is 0 Å². The normalized spacial score (nSPS) is 10.5. The summed E-state index contributed by atoms with van der Waals surface area (Å²) in [5, 5.41) is 2.40. The van der Waals surface area contributed by atoms with E-state index in [2.05, 4.69) is 12.2 Å². The molecular formula is C16H21F3N2O2. The first-order valence-corrected chi connectivity index (χ1v) is 7.55. The average molecular weight is 330 g/mol. The Morgan fingerprint density at radius 2 is 1.78 bits per heavy atom. The van der Waals surface area contributed by atoms with E-state index in [1.807, 2.05) is 0 Å². The van der Waals surface area contributed by atoms with Crippen LogP contribution in [0.4, 0.5) is 13.2 Å². The van der Waals surface area contributed by atoms with E-state index in [0.717, 1.165) is 25.3 Å². The maximum absolute atomic E-state index is 13.5. The lowest BCUT2D eigenvalue weighted by Crippen LogP contribution is -2.38. The van der Waals surface area contributed by atoms with Crippen LogP contribution in [0.1, 0.15) is 43.5 Å². The minimum atomic E-state index is -1.68. The van der Waals surface area contributed by atoms with Gasteiger partial charge in [-0.1, -0.05) is 19.8 Å². The fourth-order valence-electron chi connectivity index (χ4n) is 2.08. The van der Waals surface area contributed by atoms with E-state index in [1.165, 1.54) is 6.92 Å². The molecule has 0 radical (unpaired) electrons. The van der Waals surface area contributed by atoms with Crippen LogP contribution in [0.5, 0.6) is 0 Å². The summed E-state index contributed by atoms with van der Waals surface area (Å²) >= 11 is 0. The molecule has 7 heteroatoms. The summed E-state index contributed by atoms with van der Waals surface area (Å²) in [7, 11) is 0. The third kappa shape index (κ3) is 5.58. The smallest absolute Gasteiger partial charge is 0.254 e. The summed E-state index contributed by atoms with van der Waals surface area (Å²) in [6, 6.07) is 1.58. The van der Waals surface area contributed by atoms with Crippen molar-refractivity contribution in [1.82, 2.24) is 10.2 Å². The van der Waals surface area contributed by atoms with Gasteiger partial charge in [-0.3, -0.25) is 9.59 Å². The van der Waals surface area contributed by atoms with Crippen molar-refractivity contribution in [3.63, 3.8) is 0 Å². The fourth-order valence-corrected chi connectivity index (χ4v) is 2.08. The number of hydrogen-bond donors (Lipinski definition) is 1. The van der Waals surface area contributed by atoms with Gasteiger partial charge >= 0.3 is 0 Å². The Hall–Kier alpha value is -2.05. The van der Waals surface area contributed by atoms with Crippen molar-refractivity contribution < 1.29 is 22.8 Å². The highest BCUT2D eigenvalue weighted by atomic mass is 19.2. The Morgan fingerprint density at radius 1 is 1.09 bits per heavy atom. The second-order valence-electron chi connectivity index (χ2n) is 5.19. The van der Waals surface area contributed by atoms with Crippen LogP contribution in [0.2, 0.25) is 0 Å². The van der Waals surface area contributed by atoms with Gasteiger partial charge in [0.05, 0.1) is 5.56 Å². The molecule has 0 saturated carbocycles. The zero-order valence-corrected chi connectivity index (χ0v) is 13.3. The minimum absolute atomic E-state index is 0.100.